The Hall–Kier alpha value is -3.26. The summed E-state index contributed by atoms with van der Waals surface area (Å²) in [6, 6.07) is 12.6. The molecule has 2 rings (SSSR count). The van der Waals surface area contributed by atoms with Gasteiger partial charge >= 0.3 is 12.0 Å². The minimum Gasteiger partial charge on any atom is -0.489 e. The lowest BCUT2D eigenvalue weighted by atomic mass is 10.1. The summed E-state index contributed by atoms with van der Waals surface area (Å²) < 4.78 is 5.82. The molecule has 0 aliphatic carbocycles. The van der Waals surface area contributed by atoms with Crippen LogP contribution in [-0.2, 0) is 11.3 Å². The highest BCUT2D eigenvalue weighted by Crippen LogP contribution is 2.29. The van der Waals surface area contributed by atoms with Crippen LogP contribution in [0.5, 0.6) is 5.75 Å². The molecule has 0 aliphatic rings. The van der Waals surface area contributed by atoms with E-state index in [1.807, 2.05) is 45.0 Å². The largest absolute Gasteiger partial charge is 0.489 e. The highest BCUT2D eigenvalue weighted by atomic mass is 35.5. The molecule has 2 aromatic rings. The summed E-state index contributed by atoms with van der Waals surface area (Å²) in [5, 5.41) is 15.4. The number of guanidine groups is 1. The normalized spacial score (nSPS) is 13.1. The first-order chi connectivity index (χ1) is 16.1. The van der Waals surface area contributed by atoms with E-state index in [9.17, 15) is 9.59 Å². The van der Waals surface area contributed by atoms with E-state index in [4.69, 9.17) is 21.4 Å². The lowest BCUT2D eigenvalue weighted by Crippen LogP contribution is -2.47. The van der Waals surface area contributed by atoms with Crippen molar-refractivity contribution in [3.63, 3.8) is 0 Å². The second-order valence-corrected chi connectivity index (χ2v) is 8.56. The zero-order valence-corrected chi connectivity index (χ0v) is 21.0. The predicted molar refractivity (Wildman–Crippen MR) is 136 cm³/mol. The van der Waals surface area contributed by atoms with Gasteiger partial charge in [-0.05, 0) is 44.0 Å². The summed E-state index contributed by atoms with van der Waals surface area (Å²) in [5.74, 6) is -0.847. The molecule has 8 nitrogen and oxygen atoms in total. The Balaban J connectivity index is 2.25. The van der Waals surface area contributed by atoms with E-state index in [1.54, 1.807) is 25.2 Å². The fourth-order valence-electron chi connectivity index (χ4n) is 2.89. The molecule has 3 N–H and O–H groups in total. The number of carboxylic acids is 1. The Morgan fingerprint density at radius 1 is 1.18 bits per heavy atom. The van der Waals surface area contributed by atoms with E-state index in [2.05, 4.69) is 15.6 Å². The number of hydrogen-bond donors (Lipinski definition) is 3. The number of carbonyl (C=O) groups is 2. The molecular formula is C25H33ClN4O4. The fraction of sp³-hybridized carbons (Fsp3) is 0.400. The molecule has 2 amide bonds. The van der Waals surface area contributed by atoms with E-state index in [-0.39, 0.29) is 25.2 Å². The molecule has 0 bridgehead atoms. The van der Waals surface area contributed by atoms with Gasteiger partial charge in [-0.3, -0.25) is 14.7 Å². The molecular weight excluding hydrogens is 456 g/mol. The van der Waals surface area contributed by atoms with Gasteiger partial charge in [-0.25, -0.2) is 4.79 Å². The first-order valence-electron chi connectivity index (χ1n) is 11.2. The summed E-state index contributed by atoms with van der Waals surface area (Å²) in [5.41, 5.74) is 2.62. The van der Waals surface area contributed by atoms with Gasteiger partial charge in [0.1, 0.15) is 5.75 Å². The van der Waals surface area contributed by atoms with Crippen molar-refractivity contribution in [3.05, 3.63) is 58.6 Å². The topological polar surface area (TPSA) is 103 Å². The van der Waals surface area contributed by atoms with E-state index in [0.717, 1.165) is 17.5 Å². The highest BCUT2D eigenvalue weighted by Gasteiger charge is 2.22. The molecule has 0 heterocycles. The van der Waals surface area contributed by atoms with Crippen LogP contribution in [0.15, 0.2) is 47.5 Å². The number of amides is 2. The third-order valence-corrected chi connectivity index (χ3v) is 5.54. The van der Waals surface area contributed by atoms with Crippen molar-refractivity contribution in [3.8, 4) is 5.75 Å². The fourth-order valence-corrected chi connectivity index (χ4v) is 3.11. The minimum absolute atomic E-state index is 0.0109. The predicted octanol–water partition coefficient (Wildman–Crippen LogP) is 5.16. The molecule has 184 valence electrons. The number of aliphatic imine (C=N–C) groups is 1. The zero-order chi connectivity index (χ0) is 25.3. The Morgan fingerprint density at radius 3 is 2.41 bits per heavy atom. The standard InChI is InChI=1S/C25H33ClN4O4/c1-6-18(4)34-22-12-11-20(13-21(22)26)29-24(27-5)30(15-19-9-7-16(2)8-10-19)25(33)28-14-17(3)23(31)32/h7-13,17-18H,6,14-15H2,1-5H3,(H,27,29)(H,28,33)(H,31,32)/t17-,18+/m0/s1. The molecule has 0 unspecified atom stereocenters. The van der Waals surface area contributed by atoms with E-state index >= 15 is 0 Å². The number of halogens is 1. The number of hydrogen-bond acceptors (Lipinski definition) is 4. The van der Waals surface area contributed by atoms with Crippen LogP contribution < -0.4 is 15.4 Å². The Labute approximate surface area is 206 Å². The Morgan fingerprint density at radius 2 is 1.85 bits per heavy atom. The number of aliphatic carboxylic acids is 1. The van der Waals surface area contributed by atoms with E-state index in [0.29, 0.717) is 16.5 Å². The Bertz CT molecular complexity index is 1010. The van der Waals surface area contributed by atoms with Crippen molar-refractivity contribution in [1.29, 1.82) is 0 Å². The number of benzene rings is 2. The molecule has 0 saturated carbocycles. The molecule has 2 aromatic carbocycles. The van der Waals surface area contributed by atoms with Gasteiger partial charge in [0.05, 0.1) is 23.6 Å². The molecule has 0 saturated heterocycles. The van der Waals surface area contributed by atoms with Gasteiger partial charge in [-0.15, -0.1) is 0 Å². The van der Waals surface area contributed by atoms with Gasteiger partial charge < -0.3 is 20.5 Å². The van der Waals surface area contributed by atoms with Gasteiger partial charge in [-0.1, -0.05) is 55.3 Å². The quantitative estimate of drug-likeness (QED) is 0.334. The van der Waals surface area contributed by atoms with Crippen LogP contribution in [-0.4, -0.2) is 47.7 Å². The molecule has 34 heavy (non-hydrogen) atoms. The molecule has 0 aliphatic heterocycles. The lowest BCUT2D eigenvalue weighted by molar-refractivity contribution is -0.140. The lowest BCUT2D eigenvalue weighted by Gasteiger charge is -2.26. The first kappa shape index (κ1) is 27.0. The number of nitrogens with one attached hydrogen (secondary N) is 2. The maximum Gasteiger partial charge on any atom is 0.324 e. The molecule has 9 heteroatoms. The van der Waals surface area contributed by atoms with Crippen molar-refractivity contribution >= 4 is 35.2 Å². The van der Waals surface area contributed by atoms with Crippen LogP contribution in [0.3, 0.4) is 0 Å². The average Bonchev–Trinajstić information content (AvgIpc) is 2.82. The van der Waals surface area contributed by atoms with Crippen LogP contribution in [0.2, 0.25) is 5.02 Å². The summed E-state index contributed by atoms with van der Waals surface area (Å²) in [7, 11) is 1.57. The van der Waals surface area contributed by atoms with Gasteiger partial charge in [0.25, 0.3) is 0 Å². The molecule has 2 atom stereocenters. The van der Waals surface area contributed by atoms with Crippen molar-refractivity contribution in [2.45, 2.75) is 46.8 Å². The zero-order valence-electron chi connectivity index (χ0n) is 20.3. The van der Waals surface area contributed by atoms with Crippen LogP contribution in [0, 0.1) is 12.8 Å². The number of urea groups is 1. The molecule has 0 fully saturated rings. The van der Waals surface area contributed by atoms with Gasteiger partial charge in [0, 0.05) is 19.3 Å². The second-order valence-electron chi connectivity index (χ2n) is 8.15. The Kier molecular flexibility index (Phi) is 10.2. The molecule has 0 aromatic heterocycles. The second kappa shape index (κ2) is 12.8. The third-order valence-electron chi connectivity index (χ3n) is 5.25. The number of anilines is 1. The van der Waals surface area contributed by atoms with Crippen molar-refractivity contribution < 1.29 is 19.4 Å². The van der Waals surface area contributed by atoms with Crippen LogP contribution in [0.1, 0.15) is 38.3 Å². The van der Waals surface area contributed by atoms with Crippen LogP contribution >= 0.6 is 11.6 Å². The molecule has 0 radical (unpaired) electrons. The first-order valence-corrected chi connectivity index (χ1v) is 11.6. The highest BCUT2D eigenvalue weighted by molar-refractivity contribution is 6.32. The van der Waals surface area contributed by atoms with Crippen LogP contribution in [0.25, 0.3) is 0 Å². The minimum atomic E-state index is -0.984. The van der Waals surface area contributed by atoms with Crippen molar-refractivity contribution in [2.24, 2.45) is 10.9 Å². The average molecular weight is 489 g/mol. The number of aryl methyl sites for hydroxylation is 1. The number of carboxylic acid groups (broad SMARTS) is 1. The van der Waals surface area contributed by atoms with Gasteiger partial charge in [0.15, 0.2) is 0 Å². The third kappa shape index (κ3) is 7.95. The van der Waals surface area contributed by atoms with E-state index in [1.165, 1.54) is 11.8 Å². The summed E-state index contributed by atoms with van der Waals surface area (Å²) >= 11 is 6.40. The monoisotopic (exact) mass is 488 g/mol. The SMILES string of the molecule is CC[C@@H](C)Oc1ccc(NC(=NC)N(Cc2ccc(C)cc2)C(=O)NC[C@H](C)C(=O)O)cc1Cl. The maximum atomic E-state index is 13.1. The van der Waals surface area contributed by atoms with Crippen molar-refractivity contribution in [1.82, 2.24) is 10.2 Å². The van der Waals surface area contributed by atoms with Crippen molar-refractivity contribution in [2.75, 3.05) is 18.9 Å². The van der Waals surface area contributed by atoms with Crippen LogP contribution in [0.4, 0.5) is 10.5 Å². The maximum absolute atomic E-state index is 13.1. The van der Waals surface area contributed by atoms with Gasteiger partial charge in [0.2, 0.25) is 5.96 Å². The molecule has 0 spiro atoms. The number of nitrogens with zero attached hydrogens (tertiary/aromatic N) is 2. The summed E-state index contributed by atoms with van der Waals surface area (Å²) in [4.78, 5) is 29.9. The summed E-state index contributed by atoms with van der Waals surface area (Å²) in [6.45, 7) is 7.74. The number of ether oxygens (including phenoxy) is 1. The van der Waals surface area contributed by atoms with Gasteiger partial charge in [-0.2, -0.15) is 0 Å². The summed E-state index contributed by atoms with van der Waals surface area (Å²) in [6.07, 6.45) is 0.887. The smallest absolute Gasteiger partial charge is 0.324 e. The van der Waals surface area contributed by atoms with E-state index < -0.39 is 17.9 Å². The number of carbonyl (C=O) groups excluding carboxylic acids is 1. The number of rotatable bonds is 9.